The fraction of sp³-hybridized carbons (Fsp3) is 0.304. The van der Waals surface area contributed by atoms with Crippen LogP contribution in [0.15, 0.2) is 48.7 Å². The molecule has 1 aliphatic carbocycles. The molecule has 0 unspecified atom stereocenters. The summed E-state index contributed by atoms with van der Waals surface area (Å²) in [5, 5.41) is 8.57. The van der Waals surface area contributed by atoms with Crippen molar-refractivity contribution >= 4 is 34.1 Å². The van der Waals surface area contributed by atoms with Crippen LogP contribution in [0, 0.1) is 0 Å². The van der Waals surface area contributed by atoms with Crippen molar-refractivity contribution in [3.8, 4) is 11.5 Å². The number of halogens is 1. The maximum absolute atomic E-state index is 12.6. The first-order valence-corrected chi connectivity index (χ1v) is 10.5. The van der Waals surface area contributed by atoms with Crippen LogP contribution >= 0.6 is 11.6 Å². The van der Waals surface area contributed by atoms with Crippen LogP contribution in [-0.2, 0) is 0 Å². The molecule has 3 aromatic rings. The quantitative estimate of drug-likeness (QED) is 0.632. The summed E-state index contributed by atoms with van der Waals surface area (Å²) in [4.78, 5) is 17.0. The molecule has 2 aromatic carbocycles. The molecule has 1 aliphatic heterocycles. The number of rotatable bonds is 4. The van der Waals surface area contributed by atoms with Gasteiger partial charge in [-0.2, -0.15) is 0 Å². The molecule has 0 spiro atoms. The number of aromatic nitrogens is 1. The SMILES string of the molecule is O=C(NC1CCC(Nc2ccnc3cc(Cl)ccc23)CC1)c1ccc2c(c1)OCO2. The van der Waals surface area contributed by atoms with Crippen LogP contribution in [0.25, 0.3) is 10.9 Å². The lowest BCUT2D eigenvalue weighted by molar-refractivity contribution is 0.0926. The lowest BCUT2D eigenvalue weighted by atomic mass is 9.90. The topological polar surface area (TPSA) is 72.5 Å². The highest BCUT2D eigenvalue weighted by Gasteiger charge is 2.24. The smallest absolute Gasteiger partial charge is 0.251 e. The van der Waals surface area contributed by atoms with Crippen LogP contribution < -0.4 is 20.1 Å². The summed E-state index contributed by atoms with van der Waals surface area (Å²) in [5.41, 5.74) is 2.56. The Labute approximate surface area is 179 Å². The molecule has 2 heterocycles. The molecule has 6 nitrogen and oxygen atoms in total. The minimum atomic E-state index is -0.0679. The molecular weight excluding hydrogens is 402 g/mol. The fourth-order valence-corrected chi connectivity index (χ4v) is 4.32. The Hall–Kier alpha value is -2.99. The number of ether oxygens (including phenoxy) is 2. The molecule has 154 valence electrons. The van der Waals surface area contributed by atoms with Crippen molar-refractivity contribution in [3.05, 3.63) is 59.2 Å². The minimum absolute atomic E-state index is 0.0679. The molecule has 0 saturated heterocycles. The molecule has 1 fully saturated rings. The predicted octanol–water partition coefficient (Wildman–Crippen LogP) is 4.77. The second-order valence-corrected chi connectivity index (χ2v) is 8.19. The summed E-state index contributed by atoms with van der Waals surface area (Å²) >= 11 is 6.08. The third-order valence-electron chi connectivity index (χ3n) is 5.76. The maximum atomic E-state index is 12.6. The Morgan fingerprint density at radius 2 is 1.77 bits per heavy atom. The van der Waals surface area contributed by atoms with Crippen molar-refractivity contribution in [2.75, 3.05) is 12.1 Å². The summed E-state index contributed by atoms with van der Waals surface area (Å²) in [7, 11) is 0. The number of hydrogen-bond donors (Lipinski definition) is 2. The zero-order chi connectivity index (χ0) is 20.5. The van der Waals surface area contributed by atoms with Gasteiger partial charge in [0.2, 0.25) is 6.79 Å². The number of benzene rings is 2. The summed E-state index contributed by atoms with van der Waals surface area (Å²) in [5.74, 6) is 1.24. The van der Waals surface area contributed by atoms with Gasteiger partial charge in [0.05, 0.1) is 5.52 Å². The molecule has 5 rings (SSSR count). The number of fused-ring (bicyclic) bond motifs is 2. The van der Waals surface area contributed by atoms with Gasteiger partial charge in [0, 0.05) is 39.9 Å². The van der Waals surface area contributed by atoms with Gasteiger partial charge in [0.1, 0.15) is 0 Å². The van der Waals surface area contributed by atoms with E-state index in [1.165, 1.54) is 0 Å². The van der Waals surface area contributed by atoms with Crippen LogP contribution in [-0.4, -0.2) is 29.8 Å². The summed E-state index contributed by atoms with van der Waals surface area (Å²) in [6, 6.07) is 13.6. The van der Waals surface area contributed by atoms with E-state index in [1.54, 1.807) is 24.4 Å². The molecule has 30 heavy (non-hydrogen) atoms. The molecule has 1 saturated carbocycles. The van der Waals surface area contributed by atoms with Crippen LogP contribution in [0.5, 0.6) is 11.5 Å². The third-order valence-corrected chi connectivity index (χ3v) is 6.00. The molecule has 2 aliphatic rings. The molecule has 0 bridgehead atoms. The summed E-state index contributed by atoms with van der Waals surface area (Å²) < 4.78 is 10.7. The van der Waals surface area contributed by atoms with E-state index in [0.717, 1.165) is 42.3 Å². The van der Waals surface area contributed by atoms with Gasteiger partial charge in [-0.15, -0.1) is 0 Å². The lowest BCUT2D eigenvalue weighted by Crippen LogP contribution is -2.40. The molecular formula is C23H22ClN3O3. The number of amides is 1. The van der Waals surface area contributed by atoms with Crippen LogP contribution in [0.4, 0.5) is 5.69 Å². The number of hydrogen-bond acceptors (Lipinski definition) is 5. The highest BCUT2D eigenvalue weighted by atomic mass is 35.5. The average Bonchev–Trinajstić information content (AvgIpc) is 3.23. The number of anilines is 1. The maximum Gasteiger partial charge on any atom is 0.251 e. The van der Waals surface area contributed by atoms with Crippen molar-refractivity contribution in [3.63, 3.8) is 0 Å². The Morgan fingerprint density at radius 1 is 0.967 bits per heavy atom. The van der Waals surface area contributed by atoms with E-state index in [-0.39, 0.29) is 18.7 Å². The number of pyridine rings is 1. The van der Waals surface area contributed by atoms with E-state index in [9.17, 15) is 4.79 Å². The van der Waals surface area contributed by atoms with Crippen LogP contribution in [0.3, 0.4) is 0 Å². The number of carbonyl (C=O) groups is 1. The van der Waals surface area contributed by atoms with Gasteiger partial charge >= 0.3 is 0 Å². The van der Waals surface area contributed by atoms with Crippen LogP contribution in [0.2, 0.25) is 5.02 Å². The van der Waals surface area contributed by atoms with E-state index in [4.69, 9.17) is 21.1 Å². The van der Waals surface area contributed by atoms with Crippen molar-refractivity contribution in [1.82, 2.24) is 10.3 Å². The fourth-order valence-electron chi connectivity index (χ4n) is 4.16. The molecule has 2 N–H and O–H groups in total. The van der Waals surface area contributed by atoms with Gasteiger partial charge in [-0.1, -0.05) is 11.6 Å². The minimum Gasteiger partial charge on any atom is -0.454 e. The van der Waals surface area contributed by atoms with Crippen molar-refractivity contribution in [1.29, 1.82) is 0 Å². The Balaban J connectivity index is 1.18. The van der Waals surface area contributed by atoms with E-state index in [0.29, 0.717) is 28.1 Å². The van der Waals surface area contributed by atoms with Gasteiger partial charge in [-0.05, 0) is 68.1 Å². The average molecular weight is 424 g/mol. The number of nitrogens with one attached hydrogen (secondary N) is 2. The highest BCUT2D eigenvalue weighted by molar-refractivity contribution is 6.31. The molecule has 0 radical (unpaired) electrons. The Bertz CT molecular complexity index is 1100. The molecule has 1 aromatic heterocycles. The first kappa shape index (κ1) is 19.0. The van der Waals surface area contributed by atoms with E-state index in [2.05, 4.69) is 15.6 Å². The van der Waals surface area contributed by atoms with E-state index < -0.39 is 0 Å². The largest absolute Gasteiger partial charge is 0.454 e. The second kappa shape index (κ2) is 8.03. The normalized spacial score (nSPS) is 20.2. The highest BCUT2D eigenvalue weighted by Crippen LogP contribution is 2.33. The first-order chi connectivity index (χ1) is 14.7. The predicted molar refractivity (Wildman–Crippen MR) is 116 cm³/mol. The van der Waals surface area contributed by atoms with Gasteiger partial charge < -0.3 is 20.1 Å². The molecule has 0 atom stereocenters. The summed E-state index contributed by atoms with van der Waals surface area (Å²) in [6.07, 6.45) is 5.65. The zero-order valence-corrected chi connectivity index (χ0v) is 17.1. The van der Waals surface area contributed by atoms with Crippen LogP contribution in [0.1, 0.15) is 36.0 Å². The Kier molecular flexibility index (Phi) is 5.09. The monoisotopic (exact) mass is 423 g/mol. The standard InChI is InChI=1S/C23H22ClN3O3/c24-15-2-7-18-19(9-10-25-20(18)12-15)26-16-3-5-17(6-4-16)27-23(28)14-1-8-21-22(11-14)30-13-29-21/h1-2,7-12,16-17H,3-6,13H2,(H,25,26)(H,27,28). The van der Waals surface area contributed by atoms with Gasteiger partial charge in [0.15, 0.2) is 11.5 Å². The first-order valence-electron chi connectivity index (χ1n) is 10.2. The van der Waals surface area contributed by atoms with Crippen molar-refractivity contribution in [2.45, 2.75) is 37.8 Å². The third kappa shape index (κ3) is 3.87. The van der Waals surface area contributed by atoms with Crippen molar-refractivity contribution in [2.24, 2.45) is 0 Å². The number of carbonyl (C=O) groups excluding carboxylic acids is 1. The van der Waals surface area contributed by atoms with Gasteiger partial charge in [0.25, 0.3) is 5.91 Å². The van der Waals surface area contributed by atoms with Gasteiger partial charge in [-0.25, -0.2) is 0 Å². The molecule has 7 heteroatoms. The Morgan fingerprint density at radius 3 is 2.63 bits per heavy atom. The summed E-state index contributed by atoms with van der Waals surface area (Å²) in [6.45, 7) is 0.206. The number of nitrogens with zero attached hydrogens (tertiary/aromatic N) is 1. The van der Waals surface area contributed by atoms with E-state index >= 15 is 0 Å². The lowest BCUT2D eigenvalue weighted by Gasteiger charge is -2.30. The van der Waals surface area contributed by atoms with Crippen molar-refractivity contribution < 1.29 is 14.3 Å². The van der Waals surface area contributed by atoms with E-state index in [1.807, 2.05) is 24.3 Å². The van der Waals surface area contributed by atoms with Gasteiger partial charge in [-0.3, -0.25) is 9.78 Å². The second-order valence-electron chi connectivity index (χ2n) is 7.75. The molecule has 1 amide bonds. The zero-order valence-electron chi connectivity index (χ0n) is 16.4.